The second-order valence-electron chi connectivity index (χ2n) is 6.35. The predicted molar refractivity (Wildman–Crippen MR) is 115 cm³/mol. The Bertz CT molecular complexity index is 1050. The van der Waals surface area contributed by atoms with Crippen molar-refractivity contribution in [2.24, 2.45) is 0 Å². The predicted octanol–water partition coefficient (Wildman–Crippen LogP) is 4.84. The lowest BCUT2D eigenvalue weighted by Crippen LogP contribution is -2.28. The zero-order chi connectivity index (χ0) is 18.6. The van der Waals surface area contributed by atoms with Crippen LogP contribution in [-0.2, 0) is 6.54 Å². The molecule has 0 unspecified atom stereocenters. The average Bonchev–Trinajstić information content (AvgIpc) is 3.37. The van der Waals surface area contributed by atoms with Crippen molar-refractivity contribution in [2.45, 2.75) is 25.9 Å². The highest BCUT2D eigenvalue weighted by molar-refractivity contribution is 7.09. The molecule has 4 rings (SSSR count). The Kier molecular flexibility index (Phi) is 6.44. The quantitative estimate of drug-likeness (QED) is 0.492. The Labute approximate surface area is 173 Å². The fourth-order valence-electron chi connectivity index (χ4n) is 3.16. The van der Waals surface area contributed by atoms with Gasteiger partial charge in [0.15, 0.2) is 0 Å². The molecule has 7 heteroatoms. The number of aromatic nitrogens is 3. The third-order valence-corrected chi connectivity index (χ3v) is 5.35. The molecule has 0 saturated carbocycles. The SMILES string of the molecule is CC[C@@H](NC(=O)c1ccc2c(c1)ncn2Cc1nccs1)c1ccccc1.Cl. The zero-order valence-electron chi connectivity index (χ0n) is 15.4. The van der Waals surface area contributed by atoms with Crippen LogP contribution < -0.4 is 5.32 Å². The number of imidazole rings is 1. The van der Waals surface area contributed by atoms with Crippen LogP contribution >= 0.6 is 23.7 Å². The molecule has 1 atom stereocenters. The van der Waals surface area contributed by atoms with Crippen molar-refractivity contribution in [2.75, 3.05) is 0 Å². The molecule has 2 aromatic heterocycles. The fraction of sp³-hybridized carbons (Fsp3) is 0.190. The standard InChI is InChI=1S/C21H20N4OS.ClH/c1-2-17(15-6-4-3-5-7-15)24-21(26)16-8-9-19-18(12-16)23-14-25(19)13-20-22-10-11-27-20;/h3-12,14,17H,2,13H2,1H3,(H,24,26);1H/t17-;/m1./s1. The maximum absolute atomic E-state index is 12.7. The third kappa shape index (κ3) is 4.24. The van der Waals surface area contributed by atoms with E-state index in [2.05, 4.69) is 26.8 Å². The molecular formula is C21H21ClN4OS. The number of carbonyl (C=O) groups is 1. The second kappa shape index (κ2) is 8.99. The van der Waals surface area contributed by atoms with Crippen LogP contribution in [0.25, 0.3) is 11.0 Å². The highest BCUT2D eigenvalue weighted by Gasteiger charge is 2.15. The van der Waals surface area contributed by atoms with Crippen LogP contribution in [0.4, 0.5) is 0 Å². The van der Waals surface area contributed by atoms with Crippen LogP contribution in [0.2, 0.25) is 0 Å². The summed E-state index contributed by atoms with van der Waals surface area (Å²) in [7, 11) is 0. The highest BCUT2D eigenvalue weighted by atomic mass is 35.5. The van der Waals surface area contributed by atoms with Gasteiger partial charge in [-0.15, -0.1) is 23.7 Å². The Morgan fingerprint density at radius 2 is 2.00 bits per heavy atom. The number of hydrogen-bond donors (Lipinski definition) is 1. The van der Waals surface area contributed by atoms with E-state index in [1.54, 1.807) is 23.9 Å². The molecule has 2 aromatic carbocycles. The summed E-state index contributed by atoms with van der Waals surface area (Å²) in [4.78, 5) is 21.5. The molecule has 0 aliphatic heterocycles. The number of carbonyl (C=O) groups excluding carboxylic acids is 1. The van der Waals surface area contributed by atoms with Crippen molar-refractivity contribution in [1.82, 2.24) is 19.9 Å². The number of amides is 1. The summed E-state index contributed by atoms with van der Waals surface area (Å²) in [6.07, 6.45) is 4.44. The van der Waals surface area contributed by atoms with Crippen molar-refractivity contribution in [3.05, 3.63) is 82.6 Å². The largest absolute Gasteiger partial charge is 0.345 e. The zero-order valence-corrected chi connectivity index (χ0v) is 17.0. The van der Waals surface area contributed by atoms with E-state index in [1.165, 1.54) is 0 Å². The van der Waals surface area contributed by atoms with Gasteiger partial charge in [-0.2, -0.15) is 0 Å². The average molecular weight is 413 g/mol. The Morgan fingerprint density at radius 3 is 2.71 bits per heavy atom. The number of nitrogens with one attached hydrogen (secondary N) is 1. The van der Waals surface area contributed by atoms with Gasteiger partial charge in [-0.1, -0.05) is 37.3 Å². The molecular weight excluding hydrogens is 392 g/mol. The number of thiazole rings is 1. The molecule has 0 fully saturated rings. The van der Waals surface area contributed by atoms with Crippen molar-refractivity contribution >= 4 is 40.7 Å². The van der Waals surface area contributed by atoms with Crippen LogP contribution in [0.15, 0.2) is 66.4 Å². The lowest BCUT2D eigenvalue weighted by molar-refractivity contribution is 0.0935. The van der Waals surface area contributed by atoms with E-state index in [0.29, 0.717) is 12.1 Å². The van der Waals surface area contributed by atoms with Crippen molar-refractivity contribution < 1.29 is 4.79 Å². The van der Waals surface area contributed by atoms with Crippen LogP contribution in [0.1, 0.15) is 40.3 Å². The Hall–Kier alpha value is -2.70. The summed E-state index contributed by atoms with van der Waals surface area (Å²) in [5.41, 5.74) is 3.54. The normalized spacial score (nSPS) is 11.8. The minimum Gasteiger partial charge on any atom is -0.345 e. The van der Waals surface area contributed by atoms with E-state index in [4.69, 9.17) is 0 Å². The summed E-state index contributed by atoms with van der Waals surface area (Å²) >= 11 is 1.62. The van der Waals surface area contributed by atoms with Crippen LogP contribution in [0.3, 0.4) is 0 Å². The summed E-state index contributed by atoms with van der Waals surface area (Å²) in [5.74, 6) is -0.0814. The first-order valence-electron chi connectivity index (χ1n) is 8.93. The van der Waals surface area contributed by atoms with Gasteiger partial charge in [0, 0.05) is 17.1 Å². The number of hydrogen-bond acceptors (Lipinski definition) is 4. The van der Waals surface area contributed by atoms with Gasteiger partial charge in [-0.3, -0.25) is 4.79 Å². The second-order valence-corrected chi connectivity index (χ2v) is 7.33. The molecule has 144 valence electrons. The molecule has 0 aliphatic carbocycles. The molecule has 5 nitrogen and oxygen atoms in total. The van der Waals surface area contributed by atoms with E-state index in [0.717, 1.165) is 28.0 Å². The van der Waals surface area contributed by atoms with Crippen molar-refractivity contribution in [1.29, 1.82) is 0 Å². The van der Waals surface area contributed by atoms with E-state index >= 15 is 0 Å². The summed E-state index contributed by atoms with van der Waals surface area (Å²) in [5, 5.41) is 6.12. The molecule has 0 bridgehead atoms. The molecule has 0 saturated heterocycles. The van der Waals surface area contributed by atoms with Gasteiger partial charge in [0.05, 0.1) is 29.9 Å². The molecule has 28 heavy (non-hydrogen) atoms. The number of nitrogens with zero attached hydrogens (tertiary/aromatic N) is 3. The summed E-state index contributed by atoms with van der Waals surface area (Å²) < 4.78 is 2.05. The lowest BCUT2D eigenvalue weighted by Gasteiger charge is -2.17. The summed E-state index contributed by atoms with van der Waals surface area (Å²) in [6.45, 7) is 2.76. The lowest BCUT2D eigenvalue weighted by atomic mass is 10.0. The third-order valence-electron chi connectivity index (χ3n) is 4.59. The first-order chi connectivity index (χ1) is 13.2. The van der Waals surface area contributed by atoms with Gasteiger partial charge in [0.1, 0.15) is 5.01 Å². The van der Waals surface area contributed by atoms with Gasteiger partial charge in [-0.25, -0.2) is 9.97 Å². The highest BCUT2D eigenvalue weighted by Crippen LogP contribution is 2.20. The molecule has 4 aromatic rings. The van der Waals surface area contributed by atoms with Crippen LogP contribution in [-0.4, -0.2) is 20.4 Å². The topological polar surface area (TPSA) is 59.8 Å². The van der Waals surface area contributed by atoms with Gasteiger partial charge in [0.25, 0.3) is 5.91 Å². The molecule has 2 heterocycles. The number of fused-ring (bicyclic) bond motifs is 1. The molecule has 1 N–H and O–H groups in total. The number of benzene rings is 2. The molecule has 0 radical (unpaired) electrons. The van der Waals surface area contributed by atoms with Gasteiger partial charge in [-0.05, 0) is 30.2 Å². The molecule has 1 amide bonds. The van der Waals surface area contributed by atoms with Gasteiger partial charge < -0.3 is 9.88 Å². The van der Waals surface area contributed by atoms with E-state index < -0.39 is 0 Å². The number of halogens is 1. The Balaban J connectivity index is 0.00000225. The molecule has 0 spiro atoms. The van der Waals surface area contributed by atoms with Crippen LogP contribution in [0, 0.1) is 0 Å². The van der Waals surface area contributed by atoms with Crippen molar-refractivity contribution in [3.63, 3.8) is 0 Å². The van der Waals surface area contributed by atoms with E-state index in [1.807, 2.05) is 53.9 Å². The van der Waals surface area contributed by atoms with Gasteiger partial charge in [0.2, 0.25) is 0 Å². The van der Waals surface area contributed by atoms with E-state index in [9.17, 15) is 4.79 Å². The maximum Gasteiger partial charge on any atom is 0.251 e. The Morgan fingerprint density at radius 1 is 1.18 bits per heavy atom. The molecule has 0 aliphatic rings. The first kappa shape index (κ1) is 20.0. The van der Waals surface area contributed by atoms with Crippen molar-refractivity contribution in [3.8, 4) is 0 Å². The van der Waals surface area contributed by atoms with Gasteiger partial charge >= 0.3 is 0 Å². The minimum atomic E-state index is -0.0814. The fourth-order valence-corrected chi connectivity index (χ4v) is 3.77. The summed E-state index contributed by atoms with van der Waals surface area (Å²) in [6, 6.07) is 15.7. The number of rotatable bonds is 6. The monoisotopic (exact) mass is 412 g/mol. The minimum absolute atomic E-state index is 0. The first-order valence-corrected chi connectivity index (χ1v) is 9.81. The van der Waals surface area contributed by atoms with E-state index in [-0.39, 0.29) is 24.4 Å². The van der Waals surface area contributed by atoms with Crippen LogP contribution in [0.5, 0.6) is 0 Å². The maximum atomic E-state index is 12.7. The smallest absolute Gasteiger partial charge is 0.251 e.